The summed E-state index contributed by atoms with van der Waals surface area (Å²) in [6, 6.07) is 5.99. The van der Waals surface area contributed by atoms with Crippen LogP contribution < -0.4 is 0 Å². The van der Waals surface area contributed by atoms with E-state index in [0.717, 1.165) is 5.56 Å². The van der Waals surface area contributed by atoms with Gasteiger partial charge in [0.1, 0.15) is 11.1 Å². The second-order valence-corrected chi connectivity index (χ2v) is 8.29. The lowest BCUT2D eigenvalue weighted by molar-refractivity contribution is 0.460. The molecule has 0 saturated carbocycles. The van der Waals surface area contributed by atoms with Crippen LogP contribution in [0.15, 0.2) is 41.6 Å². The zero-order valence-electron chi connectivity index (χ0n) is 14.2. The molecule has 0 saturated heterocycles. The molecule has 2 N–H and O–H groups in total. The predicted octanol–water partition coefficient (Wildman–Crippen LogP) is 2.48. The van der Waals surface area contributed by atoms with Crippen molar-refractivity contribution in [2.75, 3.05) is 0 Å². The highest BCUT2D eigenvalue weighted by atomic mass is 32.2. The van der Waals surface area contributed by atoms with Crippen LogP contribution in [-0.4, -0.2) is 35.5 Å². The molecule has 10 heteroatoms. The van der Waals surface area contributed by atoms with Crippen molar-refractivity contribution in [3.05, 3.63) is 48.0 Å². The molecule has 0 aliphatic carbocycles. The molecular weight excluding hydrogens is 368 g/mol. The van der Waals surface area contributed by atoms with E-state index < -0.39 is 25.5 Å². The highest BCUT2D eigenvalue weighted by molar-refractivity contribution is 7.86. The standard InChI is InChI=1S/C8H14N2O3S.C7H8O3S/c1-3-7(14(11,12)13)8-9-5-6-10(8)4-2;1-6-2-4-7(5-3-6)11(8,9)10/h5-7H,3-4H2,1-2H3,(H,11,12,13);2-5H,1H3,(H,8,9,10). The van der Waals surface area contributed by atoms with Gasteiger partial charge in [-0.25, -0.2) is 4.98 Å². The molecule has 2 rings (SSSR count). The summed E-state index contributed by atoms with van der Waals surface area (Å²) in [5.74, 6) is 0.400. The molecule has 1 aromatic heterocycles. The average Bonchev–Trinajstić information content (AvgIpc) is 2.95. The Balaban J connectivity index is 0.000000257. The number of benzene rings is 1. The van der Waals surface area contributed by atoms with Crippen LogP contribution in [0.4, 0.5) is 0 Å². The van der Waals surface area contributed by atoms with Gasteiger partial charge in [0.15, 0.2) is 0 Å². The molecule has 1 atom stereocenters. The smallest absolute Gasteiger partial charge is 0.294 e. The van der Waals surface area contributed by atoms with Crippen molar-refractivity contribution in [3.63, 3.8) is 0 Å². The van der Waals surface area contributed by atoms with Gasteiger partial charge in [0, 0.05) is 18.9 Å². The zero-order chi connectivity index (χ0) is 19.3. The second-order valence-electron chi connectivity index (χ2n) is 5.27. The van der Waals surface area contributed by atoms with Gasteiger partial charge < -0.3 is 4.57 Å². The number of aryl methyl sites for hydroxylation is 2. The quantitative estimate of drug-likeness (QED) is 0.751. The summed E-state index contributed by atoms with van der Waals surface area (Å²) in [5.41, 5.74) is 0.956. The zero-order valence-corrected chi connectivity index (χ0v) is 15.8. The van der Waals surface area contributed by atoms with Gasteiger partial charge in [-0.1, -0.05) is 24.6 Å². The molecule has 0 fully saturated rings. The molecule has 1 heterocycles. The first-order valence-corrected chi connectivity index (χ1v) is 10.5. The Morgan fingerprint density at radius 2 is 1.64 bits per heavy atom. The molecular formula is C15H22N2O6S2. The Labute approximate surface area is 148 Å². The summed E-state index contributed by atoms with van der Waals surface area (Å²) in [5, 5.41) is -0.919. The lowest BCUT2D eigenvalue weighted by atomic mass is 10.2. The van der Waals surface area contributed by atoms with Crippen LogP contribution in [-0.2, 0) is 26.8 Å². The van der Waals surface area contributed by atoms with Crippen molar-refractivity contribution < 1.29 is 25.9 Å². The Morgan fingerprint density at radius 1 is 1.08 bits per heavy atom. The average molecular weight is 390 g/mol. The van der Waals surface area contributed by atoms with Crippen LogP contribution in [0, 0.1) is 6.92 Å². The first-order chi connectivity index (χ1) is 11.5. The largest absolute Gasteiger partial charge is 0.334 e. The second kappa shape index (κ2) is 8.56. The van der Waals surface area contributed by atoms with E-state index >= 15 is 0 Å². The Morgan fingerprint density at radius 3 is 2.04 bits per heavy atom. The molecule has 25 heavy (non-hydrogen) atoms. The van der Waals surface area contributed by atoms with Crippen molar-refractivity contribution in [2.45, 2.75) is 43.9 Å². The van der Waals surface area contributed by atoms with Gasteiger partial charge in [-0.2, -0.15) is 16.8 Å². The van der Waals surface area contributed by atoms with Crippen molar-refractivity contribution in [1.29, 1.82) is 0 Å². The van der Waals surface area contributed by atoms with E-state index in [9.17, 15) is 16.8 Å². The highest BCUT2D eigenvalue weighted by Gasteiger charge is 2.26. The summed E-state index contributed by atoms with van der Waals surface area (Å²) >= 11 is 0. The molecule has 0 amide bonds. The van der Waals surface area contributed by atoms with Crippen LogP contribution in [0.3, 0.4) is 0 Å². The molecule has 1 unspecified atom stereocenters. The molecule has 0 bridgehead atoms. The van der Waals surface area contributed by atoms with Gasteiger partial charge in [-0.3, -0.25) is 9.11 Å². The molecule has 0 spiro atoms. The Bertz CT molecular complexity index is 886. The van der Waals surface area contributed by atoms with E-state index in [1.54, 1.807) is 29.8 Å². The normalized spacial score (nSPS) is 13.0. The van der Waals surface area contributed by atoms with Crippen LogP contribution in [0.5, 0.6) is 0 Å². The third-order valence-corrected chi connectivity index (χ3v) is 5.56. The molecule has 0 aliphatic rings. The van der Waals surface area contributed by atoms with Gasteiger partial charge in [0.05, 0.1) is 4.90 Å². The third kappa shape index (κ3) is 6.24. The molecule has 140 valence electrons. The first-order valence-electron chi connectivity index (χ1n) is 7.52. The van der Waals surface area contributed by atoms with Gasteiger partial charge in [-0.15, -0.1) is 0 Å². The maximum atomic E-state index is 11.0. The van der Waals surface area contributed by atoms with Crippen molar-refractivity contribution in [2.24, 2.45) is 0 Å². The van der Waals surface area contributed by atoms with Crippen LogP contribution >= 0.6 is 0 Å². The summed E-state index contributed by atoms with van der Waals surface area (Å²) in [4.78, 5) is 3.88. The van der Waals surface area contributed by atoms with Crippen LogP contribution in [0.2, 0.25) is 0 Å². The predicted molar refractivity (Wildman–Crippen MR) is 93.5 cm³/mol. The number of hydrogen-bond acceptors (Lipinski definition) is 5. The summed E-state index contributed by atoms with van der Waals surface area (Å²) in [6.45, 7) is 6.07. The van der Waals surface area contributed by atoms with E-state index in [4.69, 9.17) is 9.11 Å². The molecule has 1 aromatic carbocycles. The minimum Gasteiger partial charge on any atom is -0.334 e. The van der Waals surface area contributed by atoms with E-state index in [1.807, 2.05) is 13.8 Å². The lowest BCUT2D eigenvalue weighted by Crippen LogP contribution is -2.16. The maximum Gasteiger partial charge on any atom is 0.294 e. The van der Waals surface area contributed by atoms with Crippen LogP contribution in [0.25, 0.3) is 0 Å². The van der Waals surface area contributed by atoms with Crippen molar-refractivity contribution in [1.82, 2.24) is 9.55 Å². The number of imidazole rings is 1. The Hall–Kier alpha value is -1.75. The molecule has 0 radical (unpaired) electrons. The summed E-state index contributed by atoms with van der Waals surface area (Å²) in [7, 11) is -8.07. The van der Waals surface area contributed by atoms with Gasteiger partial charge in [0.25, 0.3) is 20.2 Å². The first kappa shape index (κ1) is 21.3. The highest BCUT2D eigenvalue weighted by Crippen LogP contribution is 2.23. The van der Waals surface area contributed by atoms with E-state index in [2.05, 4.69) is 4.98 Å². The maximum absolute atomic E-state index is 11.0. The SMILES string of the molecule is CCC(c1nccn1CC)S(=O)(=O)O.Cc1ccc(S(=O)(=O)O)cc1. The summed E-state index contributed by atoms with van der Waals surface area (Å²) < 4.78 is 62.3. The minimum atomic E-state index is -4.05. The van der Waals surface area contributed by atoms with Gasteiger partial charge >= 0.3 is 0 Å². The Kier molecular flexibility index (Phi) is 7.29. The van der Waals surface area contributed by atoms with E-state index in [0.29, 0.717) is 18.8 Å². The van der Waals surface area contributed by atoms with Crippen molar-refractivity contribution >= 4 is 20.2 Å². The molecule has 2 aromatic rings. The fraction of sp³-hybridized carbons (Fsp3) is 0.400. The van der Waals surface area contributed by atoms with Crippen LogP contribution in [0.1, 0.15) is 36.9 Å². The van der Waals surface area contributed by atoms with E-state index in [1.165, 1.54) is 18.3 Å². The lowest BCUT2D eigenvalue weighted by Gasteiger charge is -2.12. The fourth-order valence-electron chi connectivity index (χ4n) is 2.11. The molecule has 8 nitrogen and oxygen atoms in total. The van der Waals surface area contributed by atoms with E-state index in [-0.39, 0.29) is 4.90 Å². The monoisotopic (exact) mass is 390 g/mol. The number of aromatic nitrogens is 2. The van der Waals surface area contributed by atoms with Gasteiger partial charge in [-0.05, 0) is 32.4 Å². The summed E-state index contributed by atoms with van der Waals surface area (Å²) in [6.07, 6.45) is 3.55. The number of nitrogens with zero attached hydrogens (tertiary/aromatic N) is 2. The van der Waals surface area contributed by atoms with Gasteiger partial charge in [0.2, 0.25) is 0 Å². The third-order valence-electron chi connectivity index (χ3n) is 3.43. The minimum absolute atomic E-state index is 0.0666. The van der Waals surface area contributed by atoms with Crippen molar-refractivity contribution in [3.8, 4) is 0 Å². The molecule has 0 aliphatic heterocycles. The number of hydrogen-bond donors (Lipinski definition) is 2. The fourth-order valence-corrected chi connectivity index (χ4v) is 3.48. The topological polar surface area (TPSA) is 127 Å². The number of rotatable bonds is 5.